The van der Waals surface area contributed by atoms with Crippen molar-refractivity contribution in [1.29, 1.82) is 0 Å². The van der Waals surface area contributed by atoms with Crippen LogP contribution in [0.3, 0.4) is 0 Å². The van der Waals surface area contributed by atoms with E-state index in [0.717, 1.165) is 45.0 Å². The molecule has 288 valence electrons. The summed E-state index contributed by atoms with van der Waals surface area (Å²) in [6.07, 6.45) is 6.19. The first-order valence-corrected chi connectivity index (χ1v) is 20.8. The van der Waals surface area contributed by atoms with E-state index in [1.54, 1.807) is 0 Å². The molecule has 3 heteroatoms. The lowest BCUT2D eigenvalue weighted by Gasteiger charge is -2.28. The van der Waals surface area contributed by atoms with Crippen molar-refractivity contribution in [2.45, 2.75) is 6.92 Å². The molecule has 0 bridgehead atoms. The van der Waals surface area contributed by atoms with Crippen molar-refractivity contribution in [3.8, 4) is 16.8 Å². The zero-order chi connectivity index (χ0) is 40.9. The van der Waals surface area contributed by atoms with E-state index in [4.69, 9.17) is 4.98 Å². The molecule has 0 spiro atoms. The predicted molar refractivity (Wildman–Crippen MR) is 261 cm³/mol. The summed E-state index contributed by atoms with van der Waals surface area (Å²) >= 11 is 0. The fourth-order valence-corrected chi connectivity index (χ4v) is 9.50. The van der Waals surface area contributed by atoms with E-state index in [2.05, 4.69) is 223 Å². The van der Waals surface area contributed by atoms with E-state index in [-0.39, 0.29) is 0 Å². The van der Waals surface area contributed by atoms with Gasteiger partial charge in [-0.3, -0.25) is 4.57 Å². The van der Waals surface area contributed by atoms with Crippen molar-refractivity contribution < 1.29 is 0 Å². The number of hydrogen-bond donors (Lipinski definition) is 0. The van der Waals surface area contributed by atoms with Crippen LogP contribution in [0.1, 0.15) is 23.7 Å². The van der Waals surface area contributed by atoms with Crippen LogP contribution in [0.15, 0.2) is 213 Å². The molecule has 0 fully saturated rings. The minimum Gasteiger partial charge on any atom is -0.309 e. The monoisotopic (exact) mass is 779 g/mol. The van der Waals surface area contributed by atoms with Crippen molar-refractivity contribution in [2.75, 3.05) is 4.90 Å². The van der Waals surface area contributed by atoms with Gasteiger partial charge in [-0.25, -0.2) is 4.98 Å². The van der Waals surface area contributed by atoms with Gasteiger partial charge in [0.2, 0.25) is 0 Å². The highest BCUT2D eigenvalue weighted by Crippen LogP contribution is 2.45. The predicted octanol–water partition coefficient (Wildman–Crippen LogP) is 16.0. The van der Waals surface area contributed by atoms with Crippen LogP contribution >= 0.6 is 0 Å². The number of nitrogens with zero attached hydrogens (tertiary/aromatic N) is 3. The highest BCUT2D eigenvalue weighted by Gasteiger charge is 2.22. The van der Waals surface area contributed by atoms with E-state index in [1.165, 1.54) is 65.4 Å². The van der Waals surface area contributed by atoms with E-state index in [9.17, 15) is 0 Å². The molecule has 0 aliphatic heterocycles. The maximum Gasteiger partial charge on any atom is 0.145 e. The molecule has 2 heterocycles. The summed E-state index contributed by atoms with van der Waals surface area (Å²) in [6.45, 7) is 6.64. The number of allylic oxidation sites excluding steroid dienone is 1. The zero-order valence-electron chi connectivity index (χ0n) is 33.8. The summed E-state index contributed by atoms with van der Waals surface area (Å²) in [5, 5.41) is 10.8. The van der Waals surface area contributed by atoms with Gasteiger partial charge >= 0.3 is 0 Å². The van der Waals surface area contributed by atoms with Crippen LogP contribution in [0.2, 0.25) is 0 Å². The normalized spacial score (nSPS) is 11.9. The van der Waals surface area contributed by atoms with Gasteiger partial charge in [0.1, 0.15) is 5.65 Å². The van der Waals surface area contributed by atoms with Crippen LogP contribution in [0.25, 0.3) is 88.7 Å². The first-order chi connectivity index (χ1) is 30.2. The van der Waals surface area contributed by atoms with Crippen LogP contribution in [-0.4, -0.2) is 9.55 Å². The van der Waals surface area contributed by atoms with E-state index >= 15 is 0 Å². The Morgan fingerprint density at radius 1 is 0.508 bits per heavy atom. The number of hydrogen-bond acceptors (Lipinski definition) is 2. The van der Waals surface area contributed by atoms with Crippen molar-refractivity contribution in [2.24, 2.45) is 0 Å². The van der Waals surface area contributed by atoms with Gasteiger partial charge in [-0.05, 0) is 122 Å². The average Bonchev–Trinajstić information content (AvgIpc) is 3.64. The van der Waals surface area contributed by atoms with Crippen molar-refractivity contribution in [3.05, 3.63) is 230 Å². The first kappa shape index (κ1) is 36.1. The van der Waals surface area contributed by atoms with Gasteiger partial charge in [-0.15, -0.1) is 0 Å². The molecule has 11 rings (SSSR count). The number of pyridine rings is 1. The van der Waals surface area contributed by atoms with Crippen LogP contribution in [0.4, 0.5) is 17.1 Å². The van der Waals surface area contributed by atoms with Crippen LogP contribution in [0.5, 0.6) is 0 Å². The molecular formula is C58H41N3. The Morgan fingerprint density at radius 3 is 1.61 bits per heavy atom. The Morgan fingerprint density at radius 2 is 1.02 bits per heavy atom. The molecule has 0 aliphatic rings. The Hall–Kier alpha value is -8.01. The number of aromatic nitrogens is 2. The molecule has 61 heavy (non-hydrogen) atoms. The number of anilines is 3. The van der Waals surface area contributed by atoms with Gasteiger partial charge in [0.25, 0.3) is 0 Å². The maximum absolute atomic E-state index is 5.01. The van der Waals surface area contributed by atoms with Crippen LogP contribution in [-0.2, 0) is 0 Å². The fourth-order valence-electron chi connectivity index (χ4n) is 9.50. The molecule has 0 saturated heterocycles. The standard InChI is InChI=1S/C58H41N3/c1-3-53-52(38-39(2)56-47-26-11-13-28-49(47)57(42-20-5-4-6-21-42)50-29-14-12-27-48(50)56)51-30-17-37-59-58(51)61(53)44-35-33-43(34-36-44)60(54-31-15-22-40-18-7-9-24-45(40)54)55-32-16-23-41-19-8-10-25-46(41)55/h3-38H,1H2,2H3/b39-38+. The van der Waals surface area contributed by atoms with Crippen molar-refractivity contribution >= 4 is 88.9 Å². The fraction of sp³-hybridized carbons (Fsp3) is 0.0172. The molecule has 0 amide bonds. The maximum atomic E-state index is 5.01. The smallest absolute Gasteiger partial charge is 0.145 e. The Labute approximate surface area is 355 Å². The molecular weight excluding hydrogens is 739 g/mol. The summed E-state index contributed by atoms with van der Waals surface area (Å²) < 4.78 is 2.25. The summed E-state index contributed by atoms with van der Waals surface area (Å²) in [4.78, 5) is 7.40. The second-order valence-corrected chi connectivity index (χ2v) is 15.6. The second kappa shape index (κ2) is 15.0. The topological polar surface area (TPSA) is 21.1 Å². The number of rotatable bonds is 8. The summed E-state index contributed by atoms with van der Waals surface area (Å²) in [5.41, 5.74) is 12.2. The average molecular weight is 780 g/mol. The minimum absolute atomic E-state index is 0.887. The quantitative estimate of drug-likeness (QED) is 0.143. The SMILES string of the molecule is C=Cc1c(/C=C(\C)c2c3ccccc3c(-c3ccccc3)c3ccccc23)c2cccnc2n1-c1ccc(N(c2cccc3ccccc23)c2cccc3ccccc23)cc1. The molecule has 0 radical (unpaired) electrons. The molecule has 2 aromatic heterocycles. The van der Waals surface area contributed by atoms with Crippen molar-refractivity contribution in [1.82, 2.24) is 9.55 Å². The minimum atomic E-state index is 0.887. The van der Waals surface area contributed by atoms with Gasteiger partial charge in [-0.2, -0.15) is 0 Å². The number of benzene rings is 9. The van der Waals surface area contributed by atoms with Gasteiger partial charge in [0, 0.05) is 39.3 Å². The van der Waals surface area contributed by atoms with Crippen LogP contribution < -0.4 is 4.90 Å². The summed E-state index contributed by atoms with van der Waals surface area (Å²) in [6, 6.07) is 71.9. The lowest BCUT2D eigenvalue weighted by Crippen LogP contribution is -2.11. The third-order valence-electron chi connectivity index (χ3n) is 12.1. The van der Waals surface area contributed by atoms with E-state index in [1.807, 2.05) is 18.3 Å². The highest BCUT2D eigenvalue weighted by molar-refractivity contribution is 6.20. The zero-order valence-corrected chi connectivity index (χ0v) is 33.8. The summed E-state index contributed by atoms with van der Waals surface area (Å²) in [5.74, 6) is 0. The van der Waals surface area contributed by atoms with Gasteiger partial charge in [-0.1, -0.05) is 158 Å². The number of fused-ring (bicyclic) bond motifs is 5. The lowest BCUT2D eigenvalue weighted by molar-refractivity contribution is 1.07. The van der Waals surface area contributed by atoms with E-state index < -0.39 is 0 Å². The van der Waals surface area contributed by atoms with Gasteiger partial charge < -0.3 is 4.90 Å². The van der Waals surface area contributed by atoms with Gasteiger partial charge in [0.05, 0.1) is 17.1 Å². The Balaban J connectivity index is 1.08. The molecule has 0 atom stereocenters. The molecule has 0 aliphatic carbocycles. The van der Waals surface area contributed by atoms with Crippen LogP contribution in [0, 0.1) is 0 Å². The second-order valence-electron chi connectivity index (χ2n) is 15.6. The Bertz CT molecular complexity index is 3350. The molecule has 0 saturated carbocycles. The molecule has 9 aromatic carbocycles. The molecule has 3 nitrogen and oxygen atoms in total. The lowest BCUT2D eigenvalue weighted by atomic mass is 9.86. The molecule has 0 unspecified atom stereocenters. The third-order valence-corrected chi connectivity index (χ3v) is 12.1. The summed E-state index contributed by atoms with van der Waals surface area (Å²) in [7, 11) is 0. The van der Waals surface area contributed by atoms with Crippen molar-refractivity contribution in [3.63, 3.8) is 0 Å². The highest BCUT2D eigenvalue weighted by atomic mass is 15.1. The van der Waals surface area contributed by atoms with E-state index in [0.29, 0.717) is 0 Å². The molecule has 11 aromatic rings. The third kappa shape index (κ3) is 6.01. The Kier molecular flexibility index (Phi) is 8.87. The first-order valence-electron chi connectivity index (χ1n) is 20.8. The molecule has 0 N–H and O–H groups in total. The van der Waals surface area contributed by atoms with Gasteiger partial charge in [0.15, 0.2) is 0 Å². The largest absolute Gasteiger partial charge is 0.309 e.